The highest BCUT2D eigenvalue weighted by molar-refractivity contribution is 7.99. The Morgan fingerprint density at radius 3 is 2.64 bits per heavy atom. The molecular weight excluding hydrogens is 344 g/mol. The van der Waals surface area contributed by atoms with Gasteiger partial charge >= 0.3 is 0 Å². The van der Waals surface area contributed by atoms with Crippen LogP contribution in [0.3, 0.4) is 0 Å². The van der Waals surface area contributed by atoms with Crippen LogP contribution >= 0.6 is 11.8 Å². The summed E-state index contributed by atoms with van der Waals surface area (Å²) >= 11 is 1.02. The van der Waals surface area contributed by atoms with Gasteiger partial charge in [-0.05, 0) is 24.3 Å². The lowest BCUT2D eigenvalue weighted by molar-refractivity contribution is -0.119. The second kappa shape index (κ2) is 8.51. The van der Waals surface area contributed by atoms with Gasteiger partial charge in [0, 0.05) is 5.56 Å². The maximum Gasteiger partial charge on any atom is 0.269 e. The molecule has 0 saturated carbocycles. The Labute approximate surface area is 147 Å². The molecule has 2 amide bonds. The fourth-order valence-electron chi connectivity index (χ4n) is 1.64. The van der Waals surface area contributed by atoms with E-state index >= 15 is 0 Å². The number of carbonyl (C=O) groups excluding carboxylic acids is 2. The van der Waals surface area contributed by atoms with E-state index < -0.39 is 11.8 Å². The maximum absolute atomic E-state index is 11.9. The Bertz CT molecular complexity index is 819. The molecule has 0 radical (unpaired) electrons. The molecule has 0 unspecified atom stereocenters. The summed E-state index contributed by atoms with van der Waals surface area (Å²) in [5, 5.41) is 9.00. The van der Waals surface area contributed by atoms with Gasteiger partial charge in [-0.2, -0.15) is 5.26 Å². The third-order valence-corrected chi connectivity index (χ3v) is 3.78. The second-order valence-electron chi connectivity index (χ2n) is 4.58. The SMILES string of the molecule is COc1ccc(C(=O)NNC(=O)CSc2ncc(C#N)c(N)n2)cc1. The van der Waals surface area contributed by atoms with Crippen molar-refractivity contribution in [2.24, 2.45) is 0 Å². The van der Waals surface area contributed by atoms with Crippen molar-refractivity contribution in [2.75, 3.05) is 18.6 Å². The zero-order valence-electron chi connectivity index (χ0n) is 13.1. The first-order valence-electron chi connectivity index (χ1n) is 6.92. The third-order valence-electron chi connectivity index (χ3n) is 2.92. The van der Waals surface area contributed by atoms with E-state index in [-0.39, 0.29) is 22.3 Å². The lowest BCUT2D eigenvalue weighted by Crippen LogP contribution is -2.42. The number of carbonyl (C=O) groups is 2. The number of ether oxygens (including phenoxy) is 1. The summed E-state index contributed by atoms with van der Waals surface area (Å²) < 4.78 is 5.00. The molecule has 1 aromatic heterocycles. The van der Waals surface area contributed by atoms with Gasteiger partial charge in [-0.1, -0.05) is 11.8 Å². The Balaban J connectivity index is 1.81. The largest absolute Gasteiger partial charge is 0.497 e. The van der Waals surface area contributed by atoms with E-state index in [1.807, 2.05) is 6.07 Å². The van der Waals surface area contributed by atoms with Crippen molar-refractivity contribution in [1.82, 2.24) is 20.8 Å². The highest BCUT2D eigenvalue weighted by Crippen LogP contribution is 2.15. The summed E-state index contributed by atoms with van der Waals surface area (Å²) in [5.41, 5.74) is 10.7. The van der Waals surface area contributed by atoms with Gasteiger partial charge in [0.25, 0.3) is 5.91 Å². The number of nitriles is 1. The molecule has 0 fully saturated rings. The molecule has 1 aromatic carbocycles. The Kier molecular flexibility index (Phi) is 6.14. The molecule has 0 spiro atoms. The molecule has 0 bridgehead atoms. The average molecular weight is 358 g/mol. The van der Waals surface area contributed by atoms with Crippen molar-refractivity contribution in [3.05, 3.63) is 41.6 Å². The van der Waals surface area contributed by atoms with Gasteiger partial charge in [0.1, 0.15) is 23.2 Å². The molecule has 1 heterocycles. The Morgan fingerprint density at radius 1 is 1.32 bits per heavy atom. The number of methoxy groups -OCH3 is 1. The van der Waals surface area contributed by atoms with Gasteiger partial charge in [-0.15, -0.1) is 0 Å². The molecule has 2 rings (SSSR count). The Morgan fingerprint density at radius 2 is 2.04 bits per heavy atom. The van der Waals surface area contributed by atoms with Crippen LogP contribution in [0.15, 0.2) is 35.6 Å². The normalized spacial score (nSPS) is 9.76. The fourth-order valence-corrected chi connectivity index (χ4v) is 2.26. The van der Waals surface area contributed by atoms with Crippen molar-refractivity contribution in [3.63, 3.8) is 0 Å². The number of aromatic nitrogens is 2. The first-order chi connectivity index (χ1) is 12.0. The van der Waals surface area contributed by atoms with Crippen LogP contribution in [-0.2, 0) is 4.79 Å². The first-order valence-corrected chi connectivity index (χ1v) is 7.90. The van der Waals surface area contributed by atoms with Crippen LogP contribution in [0.2, 0.25) is 0 Å². The maximum atomic E-state index is 11.9. The van der Waals surface area contributed by atoms with E-state index in [9.17, 15) is 9.59 Å². The predicted octanol–water partition coefficient (Wildman–Crippen LogP) is 0.492. The number of nitrogens with two attached hydrogens (primary N) is 1. The number of nitrogen functional groups attached to an aromatic ring is 1. The number of hydrazine groups is 1. The molecule has 0 aliphatic rings. The number of nitrogens with one attached hydrogen (secondary N) is 2. The van der Waals surface area contributed by atoms with E-state index in [1.54, 1.807) is 24.3 Å². The van der Waals surface area contributed by atoms with E-state index in [4.69, 9.17) is 15.7 Å². The van der Waals surface area contributed by atoms with Crippen LogP contribution in [0.1, 0.15) is 15.9 Å². The summed E-state index contributed by atoms with van der Waals surface area (Å²) in [7, 11) is 1.53. The van der Waals surface area contributed by atoms with Gasteiger partial charge < -0.3 is 10.5 Å². The predicted molar refractivity (Wildman–Crippen MR) is 90.5 cm³/mol. The van der Waals surface area contributed by atoms with Crippen LogP contribution in [-0.4, -0.2) is 34.6 Å². The summed E-state index contributed by atoms with van der Waals surface area (Å²) in [6, 6.07) is 8.27. The van der Waals surface area contributed by atoms with E-state index in [2.05, 4.69) is 20.8 Å². The molecule has 9 nitrogen and oxygen atoms in total. The van der Waals surface area contributed by atoms with E-state index in [0.29, 0.717) is 11.3 Å². The summed E-state index contributed by atoms with van der Waals surface area (Å²) in [6.07, 6.45) is 1.29. The minimum Gasteiger partial charge on any atom is -0.497 e. The van der Waals surface area contributed by atoms with Crippen molar-refractivity contribution < 1.29 is 14.3 Å². The highest BCUT2D eigenvalue weighted by atomic mass is 32.2. The standard InChI is InChI=1S/C15H14N6O3S/c1-24-11-4-2-9(3-5-11)14(23)21-20-12(22)8-25-15-18-7-10(6-16)13(17)19-15/h2-5,7H,8H2,1H3,(H,20,22)(H,21,23)(H2,17,18,19). The van der Waals surface area contributed by atoms with E-state index in [0.717, 1.165) is 11.8 Å². The Hall–Kier alpha value is -3.32. The number of rotatable bonds is 5. The smallest absolute Gasteiger partial charge is 0.269 e. The molecule has 0 aliphatic carbocycles. The number of anilines is 1. The summed E-state index contributed by atoms with van der Waals surface area (Å²) in [6.45, 7) is 0. The van der Waals surface area contributed by atoms with Gasteiger partial charge in [-0.3, -0.25) is 20.4 Å². The monoisotopic (exact) mass is 358 g/mol. The summed E-state index contributed by atoms with van der Waals surface area (Å²) in [5.74, 6) is -0.265. The quantitative estimate of drug-likeness (QED) is 0.398. The number of amides is 2. The molecule has 0 aliphatic heterocycles. The van der Waals surface area contributed by atoms with Crippen LogP contribution in [0.5, 0.6) is 5.75 Å². The molecule has 10 heteroatoms. The van der Waals surface area contributed by atoms with Crippen molar-refractivity contribution in [3.8, 4) is 11.8 Å². The molecule has 2 aromatic rings. The zero-order valence-corrected chi connectivity index (χ0v) is 14.0. The molecule has 0 atom stereocenters. The number of nitrogens with zero attached hydrogens (tertiary/aromatic N) is 3. The number of hydrogen-bond acceptors (Lipinski definition) is 8. The molecule has 25 heavy (non-hydrogen) atoms. The van der Waals surface area contributed by atoms with Gasteiger partial charge in [0.05, 0.1) is 19.1 Å². The van der Waals surface area contributed by atoms with Crippen molar-refractivity contribution in [1.29, 1.82) is 5.26 Å². The number of benzene rings is 1. The van der Waals surface area contributed by atoms with Gasteiger partial charge in [0.2, 0.25) is 5.91 Å². The fraction of sp³-hybridized carbons (Fsp3) is 0.133. The molecule has 128 valence electrons. The van der Waals surface area contributed by atoms with Crippen LogP contribution in [0.25, 0.3) is 0 Å². The topological polar surface area (TPSA) is 143 Å². The summed E-state index contributed by atoms with van der Waals surface area (Å²) in [4.78, 5) is 31.5. The van der Waals surface area contributed by atoms with Crippen LogP contribution < -0.4 is 21.3 Å². The molecular formula is C15H14N6O3S. The molecule has 0 saturated heterocycles. The first kappa shape index (κ1) is 18.0. The minimum absolute atomic E-state index is 0.0335. The lowest BCUT2D eigenvalue weighted by atomic mass is 10.2. The van der Waals surface area contributed by atoms with Crippen LogP contribution in [0.4, 0.5) is 5.82 Å². The number of thioether (sulfide) groups is 1. The van der Waals surface area contributed by atoms with Crippen LogP contribution in [0, 0.1) is 11.3 Å². The van der Waals surface area contributed by atoms with E-state index in [1.165, 1.54) is 13.3 Å². The highest BCUT2D eigenvalue weighted by Gasteiger charge is 2.10. The van der Waals surface area contributed by atoms with Crippen molar-refractivity contribution in [2.45, 2.75) is 5.16 Å². The number of hydrogen-bond donors (Lipinski definition) is 3. The van der Waals surface area contributed by atoms with Gasteiger partial charge in [0.15, 0.2) is 5.16 Å². The van der Waals surface area contributed by atoms with Crippen molar-refractivity contribution >= 4 is 29.4 Å². The second-order valence-corrected chi connectivity index (χ2v) is 5.53. The molecule has 4 N–H and O–H groups in total. The van der Waals surface area contributed by atoms with Gasteiger partial charge in [-0.25, -0.2) is 9.97 Å². The third kappa shape index (κ3) is 5.08. The zero-order chi connectivity index (χ0) is 18.2. The minimum atomic E-state index is -0.458. The lowest BCUT2D eigenvalue weighted by Gasteiger charge is -2.07. The average Bonchev–Trinajstić information content (AvgIpc) is 2.64.